The summed E-state index contributed by atoms with van der Waals surface area (Å²) >= 11 is 5.55. The van der Waals surface area contributed by atoms with Gasteiger partial charge < -0.3 is 15.0 Å². The van der Waals surface area contributed by atoms with Crippen LogP contribution < -0.4 is 10.1 Å². The van der Waals surface area contributed by atoms with Crippen LogP contribution in [-0.2, 0) is 16.0 Å². The lowest BCUT2D eigenvalue weighted by Crippen LogP contribution is -2.39. The summed E-state index contributed by atoms with van der Waals surface area (Å²) < 4.78 is 5.57. The first-order chi connectivity index (χ1) is 15.0. The van der Waals surface area contributed by atoms with E-state index in [0.717, 1.165) is 18.6 Å². The number of rotatable bonds is 10. The molecule has 1 N–H and O–H groups in total. The van der Waals surface area contributed by atoms with Gasteiger partial charge in [0.15, 0.2) is 5.11 Å². The second-order valence-corrected chi connectivity index (χ2v) is 7.80. The quantitative estimate of drug-likeness (QED) is 0.570. The molecule has 2 aromatic rings. The van der Waals surface area contributed by atoms with Crippen molar-refractivity contribution in [3.8, 4) is 5.75 Å². The molecule has 1 aliphatic rings. The summed E-state index contributed by atoms with van der Waals surface area (Å²) in [6.45, 7) is 5.68. The van der Waals surface area contributed by atoms with Crippen molar-refractivity contribution in [2.24, 2.45) is 0 Å². The van der Waals surface area contributed by atoms with Crippen LogP contribution in [-0.4, -0.2) is 52.5 Å². The van der Waals surface area contributed by atoms with Gasteiger partial charge in [-0.25, -0.2) is 0 Å². The number of carbonyl (C=O) groups excluding carboxylic acids is 2. The molecule has 1 atom stereocenters. The third kappa shape index (κ3) is 5.82. The molecule has 164 valence electrons. The SMILES string of the molecule is CCCOc1ccc(NC(=O)C[C@H]2C(=O)N(CC)C(=S)N2CCc2ccccc2)cc1. The lowest BCUT2D eigenvalue weighted by molar-refractivity contribution is -0.130. The van der Waals surface area contributed by atoms with Gasteiger partial charge in [0.05, 0.1) is 13.0 Å². The van der Waals surface area contributed by atoms with E-state index in [2.05, 4.69) is 5.32 Å². The predicted octanol–water partition coefficient (Wildman–Crippen LogP) is 3.86. The van der Waals surface area contributed by atoms with E-state index in [1.54, 1.807) is 17.0 Å². The highest BCUT2D eigenvalue weighted by atomic mass is 32.1. The summed E-state index contributed by atoms with van der Waals surface area (Å²) in [5.41, 5.74) is 1.84. The number of nitrogens with zero attached hydrogens (tertiary/aromatic N) is 2. The maximum atomic E-state index is 12.9. The molecule has 31 heavy (non-hydrogen) atoms. The van der Waals surface area contributed by atoms with Crippen LogP contribution in [0.1, 0.15) is 32.3 Å². The van der Waals surface area contributed by atoms with Gasteiger partial charge in [0.25, 0.3) is 5.91 Å². The fraction of sp³-hybridized carbons (Fsp3) is 0.375. The molecule has 1 aliphatic heterocycles. The molecule has 2 aromatic carbocycles. The van der Waals surface area contributed by atoms with E-state index < -0.39 is 6.04 Å². The minimum Gasteiger partial charge on any atom is -0.494 e. The number of ether oxygens (including phenoxy) is 1. The minimum atomic E-state index is -0.580. The number of likely N-dealkylation sites (N-methyl/N-ethyl adjacent to an activating group) is 1. The fourth-order valence-corrected chi connectivity index (χ4v) is 4.01. The minimum absolute atomic E-state index is 0.0539. The maximum Gasteiger partial charge on any atom is 0.252 e. The van der Waals surface area contributed by atoms with E-state index in [-0.39, 0.29) is 18.2 Å². The summed E-state index contributed by atoms with van der Waals surface area (Å²) in [5, 5.41) is 3.38. The monoisotopic (exact) mass is 439 g/mol. The Morgan fingerprint density at radius 1 is 1.10 bits per heavy atom. The number of anilines is 1. The van der Waals surface area contributed by atoms with Gasteiger partial charge >= 0.3 is 0 Å². The standard InChI is InChI=1S/C24H29N3O3S/c1-3-16-30-20-12-10-19(11-13-20)25-22(28)17-21-23(29)26(4-2)24(31)27(21)15-14-18-8-6-5-7-9-18/h5-13,21H,3-4,14-17H2,1-2H3,(H,25,28)/t21-/m0/s1. The molecule has 0 aromatic heterocycles. The van der Waals surface area contributed by atoms with Crippen molar-refractivity contribution in [2.45, 2.75) is 39.2 Å². The molecule has 3 rings (SSSR count). The molecule has 0 radical (unpaired) electrons. The van der Waals surface area contributed by atoms with E-state index in [1.807, 2.05) is 61.2 Å². The molecule has 1 saturated heterocycles. The predicted molar refractivity (Wildman–Crippen MR) is 126 cm³/mol. The highest BCUT2D eigenvalue weighted by Gasteiger charge is 2.42. The van der Waals surface area contributed by atoms with Crippen LogP contribution in [0.25, 0.3) is 0 Å². The topological polar surface area (TPSA) is 61.9 Å². The van der Waals surface area contributed by atoms with Gasteiger partial charge in [-0.15, -0.1) is 0 Å². The van der Waals surface area contributed by atoms with Gasteiger partial charge in [-0.2, -0.15) is 0 Å². The highest BCUT2D eigenvalue weighted by Crippen LogP contribution is 2.22. The second kappa shape index (κ2) is 10.9. The van der Waals surface area contributed by atoms with Crippen molar-refractivity contribution in [1.82, 2.24) is 9.80 Å². The molecule has 1 fully saturated rings. The summed E-state index contributed by atoms with van der Waals surface area (Å²) in [5.74, 6) is 0.437. The van der Waals surface area contributed by atoms with Crippen molar-refractivity contribution in [3.05, 3.63) is 60.2 Å². The van der Waals surface area contributed by atoms with Crippen molar-refractivity contribution >= 4 is 34.8 Å². The van der Waals surface area contributed by atoms with E-state index in [0.29, 0.717) is 30.5 Å². The molecule has 0 bridgehead atoms. The van der Waals surface area contributed by atoms with E-state index in [4.69, 9.17) is 17.0 Å². The zero-order valence-electron chi connectivity index (χ0n) is 18.0. The number of benzene rings is 2. The summed E-state index contributed by atoms with van der Waals surface area (Å²) in [4.78, 5) is 29.1. The Morgan fingerprint density at radius 3 is 2.45 bits per heavy atom. The fourth-order valence-electron chi connectivity index (χ4n) is 3.57. The molecule has 1 heterocycles. The zero-order valence-corrected chi connectivity index (χ0v) is 18.9. The Bertz CT molecular complexity index is 902. The molecule has 7 heteroatoms. The van der Waals surface area contributed by atoms with Gasteiger partial charge in [0, 0.05) is 18.8 Å². The number of nitrogens with one attached hydrogen (secondary N) is 1. The third-order valence-electron chi connectivity index (χ3n) is 5.19. The number of hydrogen-bond acceptors (Lipinski definition) is 4. The maximum absolute atomic E-state index is 12.9. The zero-order chi connectivity index (χ0) is 22.2. The number of carbonyl (C=O) groups is 2. The van der Waals surface area contributed by atoms with Crippen LogP contribution >= 0.6 is 12.2 Å². The molecular formula is C24H29N3O3S. The molecule has 0 saturated carbocycles. The van der Waals surface area contributed by atoms with Gasteiger partial charge in [-0.3, -0.25) is 14.5 Å². The van der Waals surface area contributed by atoms with Gasteiger partial charge in [-0.1, -0.05) is 37.3 Å². The van der Waals surface area contributed by atoms with Gasteiger partial charge in [-0.05, 0) is 61.8 Å². The van der Waals surface area contributed by atoms with Crippen LogP contribution in [0.5, 0.6) is 5.75 Å². The van der Waals surface area contributed by atoms with Crippen molar-refractivity contribution in [2.75, 3.05) is 25.0 Å². The second-order valence-electron chi connectivity index (χ2n) is 7.44. The van der Waals surface area contributed by atoms with Crippen molar-refractivity contribution in [1.29, 1.82) is 0 Å². The van der Waals surface area contributed by atoms with Crippen molar-refractivity contribution in [3.63, 3.8) is 0 Å². The lowest BCUT2D eigenvalue weighted by atomic mass is 10.1. The van der Waals surface area contributed by atoms with Crippen LogP contribution in [0.3, 0.4) is 0 Å². The van der Waals surface area contributed by atoms with Crippen LogP contribution in [0.4, 0.5) is 5.69 Å². The Balaban J connectivity index is 1.64. The number of thiocarbonyl (C=S) groups is 1. The average molecular weight is 440 g/mol. The Hall–Kier alpha value is -2.93. The van der Waals surface area contributed by atoms with E-state index in [9.17, 15) is 9.59 Å². The average Bonchev–Trinajstić information content (AvgIpc) is 3.00. The molecule has 0 spiro atoms. The first-order valence-corrected chi connectivity index (χ1v) is 11.1. The lowest BCUT2D eigenvalue weighted by Gasteiger charge is -2.23. The van der Waals surface area contributed by atoms with E-state index in [1.165, 1.54) is 5.56 Å². The summed E-state index contributed by atoms with van der Waals surface area (Å²) in [6, 6.07) is 16.7. The molecule has 6 nitrogen and oxygen atoms in total. The van der Waals surface area contributed by atoms with Gasteiger partial charge in [0.2, 0.25) is 5.91 Å². The molecule has 2 amide bonds. The smallest absolute Gasteiger partial charge is 0.252 e. The van der Waals surface area contributed by atoms with Crippen LogP contribution in [0.15, 0.2) is 54.6 Å². The number of amides is 2. The first kappa shape index (κ1) is 22.7. The molecular weight excluding hydrogens is 410 g/mol. The number of hydrogen-bond donors (Lipinski definition) is 1. The Morgan fingerprint density at radius 2 is 1.81 bits per heavy atom. The van der Waals surface area contributed by atoms with Crippen LogP contribution in [0, 0.1) is 0 Å². The largest absolute Gasteiger partial charge is 0.494 e. The normalized spacial score (nSPS) is 16.0. The summed E-state index contributed by atoms with van der Waals surface area (Å²) in [7, 11) is 0. The van der Waals surface area contributed by atoms with Crippen LogP contribution in [0.2, 0.25) is 0 Å². The molecule has 0 aliphatic carbocycles. The Labute approximate surface area is 189 Å². The Kier molecular flexibility index (Phi) is 8.00. The van der Waals surface area contributed by atoms with Crippen molar-refractivity contribution < 1.29 is 14.3 Å². The first-order valence-electron chi connectivity index (χ1n) is 10.7. The third-order valence-corrected chi connectivity index (χ3v) is 5.65. The van der Waals surface area contributed by atoms with E-state index >= 15 is 0 Å². The van der Waals surface area contributed by atoms with Gasteiger partial charge in [0.1, 0.15) is 11.8 Å². The summed E-state index contributed by atoms with van der Waals surface area (Å²) in [6.07, 6.45) is 1.74. The highest BCUT2D eigenvalue weighted by molar-refractivity contribution is 7.80. The molecule has 0 unspecified atom stereocenters.